The second-order valence-corrected chi connectivity index (χ2v) is 6.54. The molecule has 29 heavy (non-hydrogen) atoms. The van der Waals surface area contributed by atoms with Crippen LogP contribution in [0.2, 0.25) is 0 Å². The number of hydrogen-bond donors (Lipinski definition) is 2. The maximum absolute atomic E-state index is 11.3. The van der Waals surface area contributed by atoms with E-state index in [1.54, 1.807) is 7.11 Å². The van der Waals surface area contributed by atoms with E-state index in [4.69, 9.17) is 14.5 Å². The number of nitrogens with one attached hydrogen (secondary N) is 2. The summed E-state index contributed by atoms with van der Waals surface area (Å²) in [5.41, 5.74) is 4.51. The van der Waals surface area contributed by atoms with Crippen molar-refractivity contribution in [1.82, 2.24) is 10.3 Å². The highest BCUT2D eigenvalue weighted by atomic mass is 16.5. The van der Waals surface area contributed by atoms with Crippen LogP contribution in [0.15, 0.2) is 66.7 Å². The molecule has 1 aromatic heterocycles. The number of pyridine rings is 1. The summed E-state index contributed by atoms with van der Waals surface area (Å²) in [6, 6.07) is 21.7. The zero-order valence-corrected chi connectivity index (χ0v) is 16.2. The summed E-state index contributed by atoms with van der Waals surface area (Å²) in [6.45, 7) is 0.199. The first-order valence-corrected chi connectivity index (χ1v) is 9.25. The minimum atomic E-state index is -0.455. The summed E-state index contributed by atoms with van der Waals surface area (Å²) in [7, 11) is 3.18. The van der Waals surface area contributed by atoms with E-state index in [1.165, 1.54) is 7.05 Å². The second kappa shape index (κ2) is 8.06. The van der Waals surface area contributed by atoms with Crippen LogP contribution in [0.25, 0.3) is 21.8 Å². The van der Waals surface area contributed by atoms with Crippen LogP contribution in [0.3, 0.4) is 0 Å². The van der Waals surface area contributed by atoms with Gasteiger partial charge in [0, 0.05) is 29.6 Å². The first kappa shape index (κ1) is 18.6. The van der Waals surface area contributed by atoms with Gasteiger partial charge >= 0.3 is 6.09 Å². The molecule has 0 saturated carbocycles. The Kier molecular flexibility index (Phi) is 5.16. The van der Waals surface area contributed by atoms with E-state index in [9.17, 15) is 4.79 Å². The van der Waals surface area contributed by atoms with E-state index in [0.717, 1.165) is 44.5 Å². The van der Waals surface area contributed by atoms with Gasteiger partial charge in [-0.3, -0.25) is 0 Å². The molecule has 0 unspecified atom stereocenters. The molecular weight excluding hydrogens is 366 g/mol. The lowest BCUT2D eigenvalue weighted by molar-refractivity contribution is 0.142. The van der Waals surface area contributed by atoms with Gasteiger partial charge in [0.15, 0.2) is 0 Å². The van der Waals surface area contributed by atoms with E-state index in [0.29, 0.717) is 0 Å². The lowest BCUT2D eigenvalue weighted by Gasteiger charge is -2.15. The maximum Gasteiger partial charge on any atom is 0.407 e. The van der Waals surface area contributed by atoms with Crippen molar-refractivity contribution in [1.29, 1.82) is 0 Å². The number of alkyl carbamates (subject to hydrolysis) is 1. The fraction of sp³-hybridized carbons (Fsp3) is 0.130. The lowest BCUT2D eigenvalue weighted by Crippen LogP contribution is -2.18. The zero-order chi connectivity index (χ0) is 20.2. The highest BCUT2D eigenvalue weighted by molar-refractivity contribution is 6.08. The second-order valence-electron chi connectivity index (χ2n) is 6.54. The minimum Gasteiger partial charge on any atom is -0.497 e. The number of aromatic nitrogens is 1. The van der Waals surface area contributed by atoms with Crippen molar-refractivity contribution in [2.24, 2.45) is 0 Å². The third-order valence-electron chi connectivity index (χ3n) is 4.66. The fourth-order valence-electron chi connectivity index (χ4n) is 3.24. The van der Waals surface area contributed by atoms with E-state index < -0.39 is 6.09 Å². The van der Waals surface area contributed by atoms with Crippen LogP contribution in [-0.2, 0) is 11.3 Å². The third kappa shape index (κ3) is 3.91. The highest BCUT2D eigenvalue weighted by Gasteiger charge is 2.11. The standard InChI is InChI=1S/C23H21N3O3/c1-24-23(27)29-14-15-6-5-7-16(12-15)25-22-18-8-3-4-9-20(18)26-21-13-17(28-2)10-11-19(21)22/h3-13H,14H2,1-2H3,(H,24,27)(H,25,26). The molecule has 0 aliphatic carbocycles. The van der Waals surface area contributed by atoms with Crippen LogP contribution in [0.5, 0.6) is 5.75 Å². The number of carbonyl (C=O) groups excluding carboxylic acids is 1. The number of nitrogens with zero attached hydrogens (tertiary/aromatic N) is 1. The number of benzene rings is 3. The van der Waals surface area contributed by atoms with Crippen LogP contribution in [0.4, 0.5) is 16.2 Å². The molecule has 6 nitrogen and oxygen atoms in total. The van der Waals surface area contributed by atoms with Crippen molar-refractivity contribution >= 4 is 39.3 Å². The Morgan fingerprint density at radius 3 is 2.62 bits per heavy atom. The number of amides is 1. The minimum absolute atomic E-state index is 0.199. The predicted molar refractivity (Wildman–Crippen MR) is 115 cm³/mol. The zero-order valence-electron chi connectivity index (χ0n) is 16.2. The Morgan fingerprint density at radius 2 is 1.79 bits per heavy atom. The summed E-state index contributed by atoms with van der Waals surface area (Å²) in [5.74, 6) is 0.763. The molecule has 4 aromatic rings. The van der Waals surface area contributed by atoms with Crippen LogP contribution < -0.4 is 15.4 Å². The van der Waals surface area contributed by atoms with Crippen LogP contribution >= 0.6 is 0 Å². The van der Waals surface area contributed by atoms with Gasteiger partial charge in [0.05, 0.1) is 23.8 Å². The number of para-hydroxylation sites is 1. The van der Waals surface area contributed by atoms with Gasteiger partial charge in [-0.15, -0.1) is 0 Å². The highest BCUT2D eigenvalue weighted by Crippen LogP contribution is 2.34. The lowest BCUT2D eigenvalue weighted by atomic mass is 10.1. The molecule has 0 atom stereocenters. The summed E-state index contributed by atoms with van der Waals surface area (Å²) >= 11 is 0. The van der Waals surface area contributed by atoms with Gasteiger partial charge in [0.25, 0.3) is 0 Å². The Balaban J connectivity index is 1.76. The SMILES string of the molecule is CNC(=O)OCc1cccc(Nc2c3ccccc3nc3cc(OC)ccc23)c1. The average Bonchev–Trinajstić information content (AvgIpc) is 2.77. The molecule has 3 aromatic carbocycles. The number of anilines is 2. The van der Waals surface area contributed by atoms with Crippen molar-refractivity contribution in [3.05, 3.63) is 72.3 Å². The molecule has 1 heterocycles. The van der Waals surface area contributed by atoms with Crippen molar-refractivity contribution in [2.75, 3.05) is 19.5 Å². The summed E-state index contributed by atoms with van der Waals surface area (Å²) in [4.78, 5) is 16.1. The third-order valence-corrected chi connectivity index (χ3v) is 4.66. The quantitative estimate of drug-likeness (QED) is 0.472. The first-order valence-electron chi connectivity index (χ1n) is 9.25. The van der Waals surface area contributed by atoms with Gasteiger partial charge in [-0.25, -0.2) is 9.78 Å². The molecule has 0 aliphatic rings. The Hall–Kier alpha value is -3.80. The van der Waals surface area contributed by atoms with Gasteiger partial charge in [-0.05, 0) is 35.9 Å². The van der Waals surface area contributed by atoms with Crippen LogP contribution in [-0.4, -0.2) is 25.2 Å². The van der Waals surface area contributed by atoms with Gasteiger partial charge in [-0.2, -0.15) is 0 Å². The van der Waals surface area contributed by atoms with E-state index in [-0.39, 0.29) is 6.61 Å². The molecule has 0 saturated heterocycles. The molecule has 0 fully saturated rings. The molecule has 1 amide bonds. The van der Waals surface area contributed by atoms with Crippen molar-refractivity contribution in [3.8, 4) is 5.75 Å². The molecule has 2 N–H and O–H groups in total. The number of rotatable bonds is 5. The Labute approximate surface area is 168 Å². The van der Waals surface area contributed by atoms with E-state index >= 15 is 0 Å². The average molecular weight is 387 g/mol. The monoisotopic (exact) mass is 387 g/mol. The Bertz CT molecular complexity index is 1190. The first-order chi connectivity index (χ1) is 14.2. The molecule has 4 rings (SSSR count). The summed E-state index contributed by atoms with van der Waals surface area (Å²) < 4.78 is 10.5. The van der Waals surface area contributed by atoms with Gasteiger partial charge < -0.3 is 20.1 Å². The number of carbonyl (C=O) groups is 1. The fourth-order valence-corrected chi connectivity index (χ4v) is 3.24. The molecule has 0 aliphatic heterocycles. The normalized spacial score (nSPS) is 10.7. The number of hydrogen-bond acceptors (Lipinski definition) is 5. The van der Waals surface area contributed by atoms with Crippen LogP contribution in [0, 0.1) is 0 Å². The molecular formula is C23H21N3O3. The molecule has 0 bridgehead atoms. The summed E-state index contributed by atoms with van der Waals surface area (Å²) in [6.07, 6.45) is -0.455. The smallest absolute Gasteiger partial charge is 0.407 e. The number of ether oxygens (including phenoxy) is 2. The van der Waals surface area contributed by atoms with Gasteiger partial charge in [0.1, 0.15) is 12.4 Å². The van der Waals surface area contributed by atoms with Crippen molar-refractivity contribution < 1.29 is 14.3 Å². The molecule has 146 valence electrons. The van der Waals surface area contributed by atoms with Gasteiger partial charge in [0.2, 0.25) is 0 Å². The molecule has 6 heteroatoms. The van der Waals surface area contributed by atoms with Crippen molar-refractivity contribution in [2.45, 2.75) is 6.61 Å². The Morgan fingerprint density at radius 1 is 0.966 bits per heavy atom. The maximum atomic E-state index is 11.3. The summed E-state index contributed by atoms with van der Waals surface area (Å²) in [5, 5.41) is 8.00. The number of fused-ring (bicyclic) bond motifs is 2. The predicted octanol–water partition coefficient (Wildman–Crippen LogP) is 5.00. The van der Waals surface area contributed by atoms with Gasteiger partial charge in [-0.1, -0.05) is 30.3 Å². The molecule has 0 radical (unpaired) electrons. The van der Waals surface area contributed by atoms with Crippen molar-refractivity contribution in [3.63, 3.8) is 0 Å². The number of methoxy groups -OCH3 is 1. The van der Waals surface area contributed by atoms with E-state index in [1.807, 2.05) is 66.7 Å². The van der Waals surface area contributed by atoms with E-state index in [2.05, 4.69) is 10.6 Å². The largest absolute Gasteiger partial charge is 0.497 e. The van der Waals surface area contributed by atoms with Crippen LogP contribution in [0.1, 0.15) is 5.56 Å². The molecule has 0 spiro atoms. The topological polar surface area (TPSA) is 72.5 Å².